The molecule has 0 heterocycles. The third-order valence-corrected chi connectivity index (χ3v) is 11.5. The summed E-state index contributed by atoms with van der Waals surface area (Å²) in [7, 11) is -5.56. The van der Waals surface area contributed by atoms with Crippen molar-refractivity contribution in [2.45, 2.75) is 76.1 Å². The average molecular weight is 385 g/mol. The van der Waals surface area contributed by atoms with Crippen LogP contribution >= 0.6 is 0 Å². The van der Waals surface area contributed by atoms with Crippen molar-refractivity contribution >= 4 is 18.4 Å². The summed E-state index contributed by atoms with van der Waals surface area (Å²) < 4.78 is 37.0. The van der Waals surface area contributed by atoms with Gasteiger partial charge in [0.15, 0.2) is 8.32 Å². The summed E-state index contributed by atoms with van der Waals surface area (Å²) in [4.78, 5) is 0.231. The second kappa shape index (κ2) is 7.51. The molecular formula is C19H32O4SSi. The Morgan fingerprint density at radius 3 is 2.28 bits per heavy atom. The van der Waals surface area contributed by atoms with Crippen LogP contribution in [0.4, 0.5) is 0 Å². The first-order valence-corrected chi connectivity index (χ1v) is 13.4. The molecule has 0 N–H and O–H groups in total. The maximum absolute atomic E-state index is 12.6. The molecule has 0 radical (unpaired) electrons. The first-order chi connectivity index (χ1) is 11.4. The van der Waals surface area contributed by atoms with Crippen LogP contribution in [-0.4, -0.2) is 29.4 Å². The van der Waals surface area contributed by atoms with Gasteiger partial charge in [0.25, 0.3) is 10.1 Å². The second-order valence-electron chi connectivity index (χ2n) is 8.66. The maximum Gasteiger partial charge on any atom is 0.297 e. The summed E-state index contributed by atoms with van der Waals surface area (Å²) in [5, 5.41) is 0.149. The second-order valence-corrected chi connectivity index (χ2v) is 15.0. The minimum atomic E-state index is -3.72. The fourth-order valence-electron chi connectivity index (χ4n) is 2.78. The lowest BCUT2D eigenvalue weighted by Crippen LogP contribution is -2.42. The molecule has 0 spiro atoms. The van der Waals surface area contributed by atoms with Crippen LogP contribution in [0.3, 0.4) is 0 Å². The van der Waals surface area contributed by atoms with Gasteiger partial charge < -0.3 is 4.43 Å². The van der Waals surface area contributed by atoms with Crippen LogP contribution in [0.15, 0.2) is 29.2 Å². The normalized spacial score (nSPS) is 22.3. The highest BCUT2D eigenvalue weighted by Gasteiger charge is 2.40. The van der Waals surface area contributed by atoms with Gasteiger partial charge in [-0.2, -0.15) is 8.42 Å². The third kappa shape index (κ3) is 5.15. The van der Waals surface area contributed by atoms with Crippen LogP contribution in [0.5, 0.6) is 0 Å². The van der Waals surface area contributed by atoms with E-state index in [4.69, 9.17) is 8.61 Å². The molecule has 1 aromatic carbocycles. The Hall–Kier alpha value is -0.693. The zero-order valence-corrected chi connectivity index (χ0v) is 18.2. The van der Waals surface area contributed by atoms with E-state index in [9.17, 15) is 8.42 Å². The molecule has 0 aromatic heterocycles. The quantitative estimate of drug-likeness (QED) is 0.517. The molecule has 0 bridgehead atoms. The molecule has 2 rings (SSSR count). The lowest BCUT2D eigenvalue weighted by molar-refractivity contribution is 0.118. The smallest absolute Gasteiger partial charge is 0.297 e. The molecule has 25 heavy (non-hydrogen) atoms. The van der Waals surface area contributed by atoms with Gasteiger partial charge in [-0.1, -0.05) is 44.9 Å². The zero-order chi connectivity index (χ0) is 18.9. The summed E-state index contributed by atoms with van der Waals surface area (Å²) in [5.74, 6) is 0.148. The van der Waals surface area contributed by atoms with Gasteiger partial charge in [-0.05, 0) is 50.0 Å². The summed E-state index contributed by atoms with van der Waals surface area (Å²) in [5.41, 5.74) is 1.03. The lowest BCUT2D eigenvalue weighted by atomic mass is 10.1. The number of aryl methyl sites for hydroxylation is 1. The molecule has 1 aromatic rings. The Morgan fingerprint density at radius 1 is 1.12 bits per heavy atom. The molecule has 142 valence electrons. The fraction of sp³-hybridized carbons (Fsp3) is 0.684. The Balaban J connectivity index is 2.03. The lowest BCUT2D eigenvalue weighted by Gasteiger charge is -2.37. The number of hydrogen-bond donors (Lipinski definition) is 0. The van der Waals surface area contributed by atoms with Crippen LogP contribution in [0.2, 0.25) is 18.1 Å². The van der Waals surface area contributed by atoms with E-state index in [1.165, 1.54) is 0 Å². The minimum absolute atomic E-state index is 0.148. The Morgan fingerprint density at radius 2 is 1.72 bits per heavy atom. The molecule has 1 fully saturated rings. The monoisotopic (exact) mass is 384 g/mol. The Kier molecular flexibility index (Phi) is 6.19. The first-order valence-electron chi connectivity index (χ1n) is 9.06. The van der Waals surface area contributed by atoms with Crippen molar-refractivity contribution in [2.24, 2.45) is 5.92 Å². The van der Waals surface area contributed by atoms with Crippen LogP contribution in [0, 0.1) is 12.8 Å². The van der Waals surface area contributed by atoms with Crippen LogP contribution in [-0.2, 0) is 18.7 Å². The summed E-state index contributed by atoms with van der Waals surface area (Å²) in [6, 6.07) is 6.81. The van der Waals surface area contributed by atoms with E-state index in [2.05, 4.69) is 33.9 Å². The van der Waals surface area contributed by atoms with E-state index >= 15 is 0 Å². The molecule has 1 aliphatic rings. The molecule has 0 amide bonds. The van der Waals surface area contributed by atoms with Crippen molar-refractivity contribution in [3.05, 3.63) is 29.8 Å². The van der Waals surface area contributed by atoms with Gasteiger partial charge in [0.1, 0.15) is 0 Å². The molecular weight excluding hydrogens is 352 g/mol. The predicted octanol–water partition coefficient (Wildman–Crippen LogP) is 4.89. The average Bonchev–Trinajstić information content (AvgIpc) is 2.91. The molecule has 0 saturated heterocycles. The number of hydrogen-bond acceptors (Lipinski definition) is 4. The third-order valence-electron chi connectivity index (χ3n) is 5.61. The first kappa shape index (κ1) is 20.6. The van der Waals surface area contributed by atoms with E-state index in [1.54, 1.807) is 24.3 Å². The Labute approximate surface area is 154 Å². The SMILES string of the molecule is Cc1ccc(S(=O)(=O)O[C@H]2CCC[C@@H]2CO[Si](C)(C)C(C)(C)C)cc1. The van der Waals surface area contributed by atoms with Gasteiger partial charge in [0, 0.05) is 12.5 Å². The van der Waals surface area contributed by atoms with E-state index in [0.29, 0.717) is 6.61 Å². The Bertz CT molecular complexity index is 674. The zero-order valence-electron chi connectivity index (χ0n) is 16.3. The van der Waals surface area contributed by atoms with E-state index in [-0.39, 0.29) is 22.0 Å². The summed E-state index contributed by atoms with van der Waals surface area (Å²) >= 11 is 0. The largest absolute Gasteiger partial charge is 0.416 e. The van der Waals surface area contributed by atoms with Crippen molar-refractivity contribution < 1.29 is 17.0 Å². The topological polar surface area (TPSA) is 52.6 Å². The highest BCUT2D eigenvalue weighted by Crippen LogP contribution is 2.38. The molecule has 0 unspecified atom stereocenters. The van der Waals surface area contributed by atoms with Gasteiger partial charge in [0.2, 0.25) is 0 Å². The van der Waals surface area contributed by atoms with Crippen molar-refractivity contribution in [3.8, 4) is 0 Å². The van der Waals surface area contributed by atoms with Crippen molar-refractivity contribution in [3.63, 3.8) is 0 Å². The summed E-state index contributed by atoms with van der Waals surface area (Å²) in [6.07, 6.45) is 2.44. The number of benzene rings is 1. The van der Waals surface area contributed by atoms with Gasteiger partial charge in [0.05, 0.1) is 11.0 Å². The molecule has 1 aliphatic carbocycles. The van der Waals surface area contributed by atoms with Gasteiger partial charge >= 0.3 is 0 Å². The highest BCUT2D eigenvalue weighted by molar-refractivity contribution is 7.86. The molecule has 0 aliphatic heterocycles. The molecule has 6 heteroatoms. The fourth-order valence-corrected chi connectivity index (χ4v) is 5.00. The van der Waals surface area contributed by atoms with Crippen molar-refractivity contribution in [1.29, 1.82) is 0 Å². The molecule has 4 nitrogen and oxygen atoms in total. The van der Waals surface area contributed by atoms with Crippen LogP contribution in [0.25, 0.3) is 0 Å². The van der Waals surface area contributed by atoms with Crippen LogP contribution < -0.4 is 0 Å². The van der Waals surface area contributed by atoms with Gasteiger partial charge in [-0.15, -0.1) is 0 Å². The van der Waals surface area contributed by atoms with Crippen molar-refractivity contribution in [2.75, 3.05) is 6.61 Å². The predicted molar refractivity (Wildman–Crippen MR) is 104 cm³/mol. The van der Waals surface area contributed by atoms with E-state index in [0.717, 1.165) is 24.8 Å². The van der Waals surface area contributed by atoms with Gasteiger partial charge in [-0.25, -0.2) is 0 Å². The summed E-state index contributed by atoms with van der Waals surface area (Å²) in [6.45, 7) is 13.6. The molecule has 1 saturated carbocycles. The van der Waals surface area contributed by atoms with Crippen LogP contribution in [0.1, 0.15) is 45.6 Å². The van der Waals surface area contributed by atoms with Gasteiger partial charge in [-0.3, -0.25) is 4.18 Å². The maximum atomic E-state index is 12.6. The number of rotatable bonds is 6. The molecule has 2 atom stereocenters. The standard InChI is InChI=1S/C19H32O4SSi/c1-15-10-12-17(13-11-15)24(20,21)23-18-9-7-8-16(18)14-22-25(5,6)19(2,3)4/h10-13,16,18H,7-9,14H2,1-6H3/t16-,18+/m1/s1. The minimum Gasteiger partial charge on any atom is -0.416 e. The van der Waals surface area contributed by atoms with Crippen molar-refractivity contribution in [1.82, 2.24) is 0 Å². The van der Waals surface area contributed by atoms with E-state index in [1.807, 2.05) is 6.92 Å². The highest BCUT2D eigenvalue weighted by atomic mass is 32.2. The van der Waals surface area contributed by atoms with E-state index < -0.39 is 18.4 Å².